The maximum Gasteiger partial charge on any atom is 0.242 e. The number of benzene rings is 1. The second-order valence-corrected chi connectivity index (χ2v) is 6.33. The van der Waals surface area contributed by atoms with Gasteiger partial charge < -0.3 is 11.5 Å². The van der Waals surface area contributed by atoms with Crippen molar-refractivity contribution >= 4 is 17.7 Å². The standard InChI is InChI=1S/C14H22N2OS/c1-10(2)11(3)18-9-14(16,13(15)17)12-7-5-4-6-8-12/h4-8,10-11H,9,16H2,1-3H3,(H2,15,17). The van der Waals surface area contributed by atoms with Crippen LogP contribution in [0.25, 0.3) is 0 Å². The van der Waals surface area contributed by atoms with E-state index in [1.54, 1.807) is 11.8 Å². The summed E-state index contributed by atoms with van der Waals surface area (Å²) in [5.41, 5.74) is 11.4. The molecule has 1 rings (SSSR count). The molecule has 0 heterocycles. The molecule has 2 atom stereocenters. The highest BCUT2D eigenvalue weighted by Gasteiger charge is 2.34. The SMILES string of the molecule is CC(C)C(C)SCC(N)(C(N)=O)c1ccccc1. The second-order valence-electron chi connectivity index (χ2n) is 4.96. The van der Waals surface area contributed by atoms with Crippen LogP contribution in [0.1, 0.15) is 26.3 Å². The van der Waals surface area contributed by atoms with Crippen molar-refractivity contribution < 1.29 is 4.79 Å². The Kier molecular flexibility index (Phi) is 5.23. The highest BCUT2D eigenvalue weighted by molar-refractivity contribution is 8.00. The van der Waals surface area contributed by atoms with Crippen molar-refractivity contribution in [3.63, 3.8) is 0 Å². The summed E-state index contributed by atoms with van der Waals surface area (Å²) in [6.45, 7) is 6.45. The first-order chi connectivity index (χ1) is 8.38. The number of primary amides is 1. The van der Waals surface area contributed by atoms with Gasteiger partial charge in [0.05, 0.1) is 0 Å². The highest BCUT2D eigenvalue weighted by atomic mass is 32.2. The molecular weight excluding hydrogens is 244 g/mol. The van der Waals surface area contributed by atoms with Gasteiger partial charge in [-0.15, -0.1) is 0 Å². The first-order valence-corrected chi connectivity index (χ1v) is 7.18. The predicted octanol–water partition coefficient (Wildman–Crippen LogP) is 2.10. The Morgan fingerprint density at radius 2 is 1.83 bits per heavy atom. The molecule has 0 aliphatic rings. The number of rotatable bonds is 6. The normalized spacial score (nSPS) is 16.3. The largest absolute Gasteiger partial charge is 0.368 e. The molecule has 4 N–H and O–H groups in total. The van der Waals surface area contributed by atoms with E-state index in [0.29, 0.717) is 16.9 Å². The Morgan fingerprint density at radius 1 is 1.28 bits per heavy atom. The van der Waals surface area contributed by atoms with Crippen molar-refractivity contribution in [1.29, 1.82) is 0 Å². The van der Waals surface area contributed by atoms with Crippen LogP contribution < -0.4 is 11.5 Å². The predicted molar refractivity (Wildman–Crippen MR) is 78.3 cm³/mol. The summed E-state index contributed by atoms with van der Waals surface area (Å²) in [5, 5.41) is 0.441. The third-order valence-electron chi connectivity index (χ3n) is 3.24. The summed E-state index contributed by atoms with van der Waals surface area (Å²) in [6, 6.07) is 9.35. The molecule has 4 heteroatoms. The first kappa shape index (κ1) is 15.1. The van der Waals surface area contributed by atoms with Crippen molar-refractivity contribution in [3.8, 4) is 0 Å². The molecule has 0 saturated carbocycles. The Labute approximate surface area is 113 Å². The maximum atomic E-state index is 11.7. The van der Waals surface area contributed by atoms with Gasteiger partial charge in [-0.1, -0.05) is 51.1 Å². The fraction of sp³-hybridized carbons (Fsp3) is 0.500. The van der Waals surface area contributed by atoms with E-state index in [1.165, 1.54) is 0 Å². The lowest BCUT2D eigenvalue weighted by molar-refractivity contribution is -0.122. The van der Waals surface area contributed by atoms with E-state index >= 15 is 0 Å². The smallest absolute Gasteiger partial charge is 0.242 e. The molecule has 0 bridgehead atoms. The van der Waals surface area contributed by atoms with Gasteiger partial charge in [-0.2, -0.15) is 11.8 Å². The van der Waals surface area contributed by atoms with E-state index in [2.05, 4.69) is 20.8 Å². The third-order valence-corrected chi connectivity index (χ3v) is 4.93. The molecule has 0 fully saturated rings. The average molecular weight is 266 g/mol. The van der Waals surface area contributed by atoms with Crippen LogP contribution in [0.5, 0.6) is 0 Å². The second kappa shape index (κ2) is 6.25. The molecule has 0 spiro atoms. The average Bonchev–Trinajstić information content (AvgIpc) is 2.36. The Hall–Kier alpha value is -1.00. The van der Waals surface area contributed by atoms with E-state index in [0.717, 1.165) is 5.56 Å². The van der Waals surface area contributed by atoms with Crippen molar-refractivity contribution in [3.05, 3.63) is 35.9 Å². The lowest BCUT2D eigenvalue weighted by atomic mass is 9.92. The fourth-order valence-corrected chi connectivity index (χ4v) is 2.71. The zero-order valence-electron chi connectivity index (χ0n) is 11.2. The minimum absolute atomic E-state index is 0.441. The fourth-order valence-electron chi connectivity index (χ4n) is 1.49. The zero-order chi connectivity index (χ0) is 13.8. The van der Waals surface area contributed by atoms with E-state index in [4.69, 9.17) is 11.5 Å². The monoisotopic (exact) mass is 266 g/mol. The van der Waals surface area contributed by atoms with Gasteiger partial charge in [0, 0.05) is 11.0 Å². The van der Waals surface area contributed by atoms with Crippen molar-refractivity contribution in [2.24, 2.45) is 17.4 Å². The minimum Gasteiger partial charge on any atom is -0.368 e. The Balaban J connectivity index is 2.86. The van der Waals surface area contributed by atoms with E-state index < -0.39 is 11.4 Å². The number of hydrogen-bond donors (Lipinski definition) is 2. The van der Waals surface area contributed by atoms with E-state index in [-0.39, 0.29) is 0 Å². The molecule has 0 aliphatic heterocycles. The van der Waals surface area contributed by atoms with Crippen molar-refractivity contribution in [2.75, 3.05) is 5.75 Å². The topological polar surface area (TPSA) is 69.1 Å². The number of carbonyl (C=O) groups is 1. The summed E-state index contributed by atoms with van der Waals surface area (Å²) in [6.07, 6.45) is 0. The molecule has 0 aromatic heterocycles. The van der Waals surface area contributed by atoms with Crippen molar-refractivity contribution in [2.45, 2.75) is 31.6 Å². The van der Waals surface area contributed by atoms with Crippen LogP contribution in [-0.2, 0) is 10.3 Å². The third kappa shape index (κ3) is 3.50. The van der Waals surface area contributed by atoms with Crippen LogP contribution in [-0.4, -0.2) is 16.9 Å². The van der Waals surface area contributed by atoms with Gasteiger partial charge in [0.15, 0.2) is 0 Å². The van der Waals surface area contributed by atoms with E-state index in [9.17, 15) is 4.79 Å². The van der Waals surface area contributed by atoms with Gasteiger partial charge in [-0.05, 0) is 11.5 Å². The summed E-state index contributed by atoms with van der Waals surface area (Å²) in [4.78, 5) is 11.7. The molecule has 0 saturated heterocycles. The van der Waals surface area contributed by atoms with Gasteiger partial charge in [0.2, 0.25) is 5.91 Å². The number of carbonyl (C=O) groups excluding carboxylic acids is 1. The molecule has 2 unspecified atom stereocenters. The van der Waals surface area contributed by atoms with Crippen LogP contribution in [0.2, 0.25) is 0 Å². The summed E-state index contributed by atoms with van der Waals surface area (Å²) in [5.74, 6) is 0.575. The molecule has 0 aliphatic carbocycles. The summed E-state index contributed by atoms with van der Waals surface area (Å²) >= 11 is 1.69. The van der Waals surface area contributed by atoms with Crippen LogP contribution in [0.15, 0.2) is 30.3 Å². The van der Waals surface area contributed by atoms with E-state index in [1.807, 2.05) is 30.3 Å². The lowest BCUT2D eigenvalue weighted by Crippen LogP contribution is -2.51. The van der Waals surface area contributed by atoms with Crippen LogP contribution in [0.3, 0.4) is 0 Å². The molecule has 100 valence electrons. The summed E-state index contributed by atoms with van der Waals surface area (Å²) in [7, 11) is 0. The van der Waals surface area contributed by atoms with Crippen molar-refractivity contribution in [1.82, 2.24) is 0 Å². The van der Waals surface area contributed by atoms with Crippen LogP contribution in [0, 0.1) is 5.92 Å². The Bertz CT molecular complexity index is 394. The molecular formula is C14H22N2OS. The Morgan fingerprint density at radius 3 is 2.28 bits per heavy atom. The van der Waals surface area contributed by atoms with Crippen LogP contribution in [0.4, 0.5) is 0 Å². The minimum atomic E-state index is -1.09. The first-order valence-electron chi connectivity index (χ1n) is 6.14. The number of thioether (sulfide) groups is 1. The van der Waals surface area contributed by atoms with Gasteiger partial charge >= 0.3 is 0 Å². The van der Waals surface area contributed by atoms with Gasteiger partial charge in [-0.3, -0.25) is 4.79 Å². The lowest BCUT2D eigenvalue weighted by Gasteiger charge is -2.28. The molecule has 1 aromatic rings. The van der Waals surface area contributed by atoms with Gasteiger partial charge in [0.25, 0.3) is 0 Å². The number of nitrogens with two attached hydrogens (primary N) is 2. The number of hydrogen-bond acceptors (Lipinski definition) is 3. The molecule has 1 amide bonds. The highest BCUT2D eigenvalue weighted by Crippen LogP contribution is 2.27. The molecule has 3 nitrogen and oxygen atoms in total. The van der Waals surface area contributed by atoms with Gasteiger partial charge in [-0.25, -0.2) is 0 Å². The molecule has 1 aromatic carbocycles. The quantitative estimate of drug-likeness (QED) is 0.828. The molecule has 18 heavy (non-hydrogen) atoms. The summed E-state index contributed by atoms with van der Waals surface area (Å²) < 4.78 is 0. The zero-order valence-corrected chi connectivity index (χ0v) is 12.0. The maximum absolute atomic E-state index is 11.7. The van der Waals surface area contributed by atoms with Crippen LogP contribution >= 0.6 is 11.8 Å². The number of amides is 1. The molecule has 0 radical (unpaired) electrons. The van der Waals surface area contributed by atoms with Gasteiger partial charge in [0.1, 0.15) is 5.54 Å².